The predicted octanol–water partition coefficient (Wildman–Crippen LogP) is 3.35. The van der Waals surface area contributed by atoms with Gasteiger partial charge in [-0.05, 0) is 43.9 Å². The van der Waals surface area contributed by atoms with Crippen molar-refractivity contribution >= 4 is 11.4 Å². The lowest BCUT2D eigenvalue weighted by Crippen LogP contribution is -2.03. The van der Waals surface area contributed by atoms with E-state index in [0.717, 1.165) is 35.4 Å². The van der Waals surface area contributed by atoms with Crippen LogP contribution in [0.5, 0.6) is 0 Å². The Bertz CT molecular complexity index is 417. The maximum absolute atomic E-state index is 5.90. The molecule has 0 atom stereocenters. The average Bonchev–Trinajstić information content (AvgIpc) is 2.23. The minimum atomic E-state index is 0.828. The molecule has 1 rings (SSSR count). The normalized spacial score (nSPS) is 11.6. The number of nitrogen functional groups attached to an aromatic ring is 1. The van der Waals surface area contributed by atoms with Crippen LogP contribution in [0.25, 0.3) is 0 Å². The molecule has 0 heterocycles. The number of nitrogens with two attached hydrogens (primary N) is 1. The van der Waals surface area contributed by atoms with E-state index < -0.39 is 0 Å². The van der Waals surface area contributed by atoms with Gasteiger partial charge in [0, 0.05) is 18.4 Å². The summed E-state index contributed by atoms with van der Waals surface area (Å²) in [4.78, 5) is 4.32. The molecule has 2 N–H and O–H groups in total. The molecule has 2 nitrogen and oxygen atoms in total. The molecule has 0 bridgehead atoms. The Hall–Kier alpha value is -1.57. The Morgan fingerprint density at radius 1 is 1.38 bits per heavy atom. The molecule has 0 spiro atoms. The van der Waals surface area contributed by atoms with E-state index in [9.17, 15) is 0 Å². The minimum absolute atomic E-state index is 0.828. The molecule has 0 saturated heterocycles. The van der Waals surface area contributed by atoms with Crippen molar-refractivity contribution < 1.29 is 0 Å². The van der Waals surface area contributed by atoms with Crippen molar-refractivity contribution in [2.75, 3.05) is 12.8 Å². The lowest BCUT2D eigenvalue weighted by atomic mass is 10.0. The number of allylic oxidation sites excluding steroid dienone is 1. The number of rotatable bonds is 4. The Morgan fingerprint density at radius 3 is 2.56 bits per heavy atom. The third-order valence-electron chi connectivity index (χ3n) is 2.67. The van der Waals surface area contributed by atoms with E-state index in [1.165, 1.54) is 5.57 Å². The van der Waals surface area contributed by atoms with Crippen molar-refractivity contribution in [3.8, 4) is 0 Å². The van der Waals surface area contributed by atoms with Crippen molar-refractivity contribution in [2.45, 2.75) is 26.7 Å². The average molecular weight is 216 g/mol. The van der Waals surface area contributed by atoms with Gasteiger partial charge in [-0.15, -0.1) is 6.58 Å². The summed E-state index contributed by atoms with van der Waals surface area (Å²) >= 11 is 0. The first kappa shape index (κ1) is 12.5. The van der Waals surface area contributed by atoms with Gasteiger partial charge >= 0.3 is 0 Å². The van der Waals surface area contributed by atoms with Gasteiger partial charge in [-0.3, -0.25) is 4.99 Å². The molecule has 86 valence electrons. The number of hydrogen-bond donors (Lipinski definition) is 1. The monoisotopic (exact) mass is 216 g/mol. The Morgan fingerprint density at radius 2 is 2.06 bits per heavy atom. The number of aliphatic imine (C=N–C) groups is 1. The molecular weight excluding hydrogens is 196 g/mol. The zero-order chi connectivity index (χ0) is 12.1. The van der Waals surface area contributed by atoms with Crippen LogP contribution in [0.15, 0.2) is 35.3 Å². The quantitative estimate of drug-likeness (QED) is 0.468. The van der Waals surface area contributed by atoms with Crippen molar-refractivity contribution in [3.05, 3.63) is 41.5 Å². The second kappa shape index (κ2) is 5.50. The summed E-state index contributed by atoms with van der Waals surface area (Å²) in [7, 11) is 1.82. The van der Waals surface area contributed by atoms with Gasteiger partial charge in [-0.25, -0.2) is 0 Å². The first-order chi connectivity index (χ1) is 7.54. The van der Waals surface area contributed by atoms with Crippen molar-refractivity contribution in [1.82, 2.24) is 0 Å². The number of aryl methyl sites for hydroxylation is 1. The van der Waals surface area contributed by atoms with Crippen LogP contribution < -0.4 is 5.73 Å². The summed E-state index contributed by atoms with van der Waals surface area (Å²) in [5.41, 5.74) is 11.2. The standard InChI is InChI=1S/C14H20N2/c1-10(2)5-8-14(16-4)12-7-6-11(3)13(15)9-12/h6-7,9H,1,5,8,15H2,2-4H3/b16-14+. The second-order valence-electron chi connectivity index (χ2n) is 4.20. The molecule has 16 heavy (non-hydrogen) atoms. The van der Waals surface area contributed by atoms with Gasteiger partial charge in [-0.1, -0.05) is 17.7 Å². The molecule has 0 aliphatic carbocycles. The lowest BCUT2D eigenvalue weighted by Gasteiger charge is -2.08. The van der Waals surface area contributed by atoms with E-state index in [2.05, 4.69) is 17.6 Å². The predicted molar refractivity (Wildman–Crippen MR) is 72.1 cm³/mol. The summed E-state index contributed by atoms with van der Waals surface area (Å²) in [5, 5.41) is 0. The number of nitrogens with zero attached hydrogens (tertiary/aromatic N) is 1. The summed E-state index contributed by atoms with van der Waals surface area (Å²) in [6.07, 6.45) is 1.90. The van der Waals surface area contributed by atoms with Gasteiger partial charge in [0.1, 0.15) is 0 Å². The largest absolute Gasteiger partial charge is 0.398 e. The van der Waals surface area contributed by atoms with Crippen LogP contribution in [0.1, 0.15) is 30.9 Å². The highest BCUT2D eigenvalue weighted by Gasteiger charge is 2.04. The fourth-order valence-corrected chi connectivity index (χ4v) is 1.54. The van der Waals surface area contributed by atoms with Crippen LogP contribution in [0.4, 0.5) is 5.69 Å². The van der Waals surface area contributed by atoms with Crippen molar-refractivity contribution in [1.29, 1.82) is 0 Å². The fourth-order valence-electron chi connectivity index (χ4n) is 1.54. The highest BCUT2D eigenvalue weighted by Crippen LogP contribution is 2.16. The van der Waals surface area contributed by atoms with E-state index in [1.807, 2.05) is 33.0 Å². The number of benzene rings is 1. The molecule has 0 aromatic heterocycles. The van der Waals surface area contributed by atoms with E-state index in [4.69, 9.17) is 5.73 Å². The van der Waals surface area contributed by atoms with E-state index in [-0.39, 0.29) is 0 Å². The van der Waals surface area contributed by atoms with Crippen LogP contribution in [0.3, 0.4) is 0 Å². The maximum Gasteiger partial charge on any atom is 0.0421 e. The smallest absolute Gasteiger partial charge is 0.0421 e. The summed E-state index contributed by atoms with van der Waals surface area (Å²) in [5.74, 6) is 0. The Balaban J connectivity index is 2.88. The molecule has 1 aromatic carbocycles. The fraction of sp³-hybridized carbons (Fsp3) is 0.357. The molecule has 0 radical (unpaired) electrons. The van der Waals surface area contributed by atoms with Gasteiger partial charge in [-0.2, -0.15) is 0 Å². The Kier molecular flexibility index (Phi) is 4.29. The third-order valence-corrected chi connectivity index (χ3v) is 2.67. The Labute approximate surface area is 97.9 Å². The minimum Gasteiger partial charge on any atom is -0.398 e. The topological polar surface area (TPSA) is 38.4 Å². The molecule has 0 aliphatic rings. The molecule has 0 fully saturated rings. The van der Waals surface area contributed by atoms with Gasteiger partial charge < -0.3 is 5.73 Å². The summed E-state index contributed by atoms with van der Waals surface area (Å²) in [6, 6.07) is 6.11. The first-order valence-electron chi connectivity index (χ1n) is 5.51. The van der Waals surface area contributed by atoms with Gasteiger partial charge in [0.15, 0.2) is 0 Å². The van der Waals surface area contributed by atoms with Crippen molar-refractivity contribution in [2.24, 2.45) is 4.99 Å². The first-order valence-corrected chi connectivity index (χ1v) is 5.51. The van der Waals surface area contributed by atoms with E-state index >= 15 is 0 Å². The van der Waals surface area contributed by atoms with Crippen LogP contribution in [-0.4, -0.2) is 12.8 Å². The van der Waals surface area contributed by atoms with Gasteiger partial charge in [0.05, 0.1) is 0 Å². The molecule has 0 unspecified atom stereocenters. The summed E-state index contributed by atoms with van der Waals surface area (Å²) < 4.78 is 0. The zero-order valence-corrected chi connectivity index (χ0v) is 10.4. The number of hydrogen-bond acceptors (Lipinski definition) is 2. The molecule has 0 aliphatic heterocycles. The molecule has 2 heteroatoms. The van der Waals surface area contributed by atoms with E-state index in [1.54, 1.807) is 0 Å². The molecular formula is C14H20N2. The summed E-state index contributed by atoms with van der Waals surface area (Å²) in [6.45, 7) is 7.96. The third kappa shape index (κ3) is 3.23. The van der Waals surface area contributed by atoms with Crippen molar-refractivity contribution in [3.63, 3.8) is 0 Å². The molecule has 0 amide bonds. The maximum atomic E-state index is 5.90. The van der Waals surface area contributed by atoms with Gasteiger partial charge in [0.25, 0.3) is 0 Å². The highest BCUT2D eigenvalue weighted by atomic mass is 14.7. The SMILES string of the molecule is C=C(C)CC/C(=N\C)c1ccc(C)c(N)c1. The van der Waals surface area contributed by atoms with Crippen LogP contribution in [-0.2, 0) is 0 Å². The zero-order valence-electron chi connectivity index (χ0n) is 10.4. The lowest BCUT2D eigenvalue weighted by molar-refractivity contribution is 1.01. The molecule has 0 saturated carbocycles. The number of anilines is 1. The van der Waals surface area contributed by atoms with Crippen LogP contribution in [0.2, 0.25) is 0 Å². The van der Waals surface area contributed by atoms with Crippen LogP contribution >= 0.6 is 0 Å². The van der Waals surface area contributed by atoms with E-state index in [0.29, 0.717) is 0 Å². The second-order valence-corrected chi connectivity index (χ2v) is 4.20. The van der Waals surface area contributed by atoms with Gasteiger partial charge in [0.2, 0.25) is 0 Å². The molecule has 1 aromatic rings. The highest BCUT2D eigenvalue weighted by molar-refractivity contribution is 6.01. The van der Waals surface area contributed by atoms with Crippen LogP contribution in [0, 0.1) is 6.92 Å².